The molecule has 0 unspecified atom stereocenters. The first-order valence-corrected chi connectivity index (χ1v) is 8.59. The summed E-state index contributed by atoms with van der Waals surface area (Å²) in [5.74, 6) is 1.34. The van der Waals surface area contributed by atoms with E-state index in [9.17, 15) is 4.79 Å². The molecule has 0 fully saturated rings. The fourth-order valence-electron chi connectivity index (χ4n) is 2.45. The first-order valence-electron chi connectivity index (χ1n) is 8.59. The highest BCUT2D eigenvalue weighted by molar-refractivity contribution is 6.12. The molecular weight excluding hydrogens is 330 g/mol. The van der Waals surface area contributed by atoms with E-state index in [-0.39, 0.29) is 5.70 Å². The molecule has 26 heavy (non-hydrogen) atoms. The Kier molecular flexibility index (Phi) is 5.69. The third-order valence-corrected chi connectivity index (χ3v) is 3.89. The van der Waals surface area contributed by atoms with Crippen molar-refractivity contribution in [3.05, 3.63) is 65.4 Å². The first-order chi connectivity index (χ1) is 12.7. The van der Waals surface area contributed by atoms with Crippen LogP contribution in [0.1, 0.15) is 30.9 Å². The number of benzene rings is 2. The lowest BCUT2D eigenvalue weighted by Gasteiger charge is -2.05. The van der Waals surface area contributed by atoms with Gasteiger partial charge >= 0.3 is 5.97 Å². The minimum absolute atomic E-state index is 0.261. The molecule has 1 heterocycles. The Morgan fingerprint density at radius 2 is 1.92 bits per heavy atom. The fourth-order valence-corrected chi connectivity index (χ4v) is 2.45. The number of ether oxygens (including phenoxy) is 3. The summed E-state index contributed by atoms with van der Waals surface area (Å²) in [4.78, 5) is 16.4. The number of hydrogen-bond donors (Lipinski definition) is 0. The highest BCUT2D eigenvalue weighted by atomic mass is 16.6. The Hall–Kier alpha value is -3.08. The SMILES string of the molecule is CCCCOc1ccc(C2=NC(=Cc3cccc(OC)c3)C(=O)O2)cc1. The number of carbonyl (C=O) groups excluding carboxylic acids is 1. The van der Waals surface area contributed by atoms with E-state index in [1.54, 1.807) is 13.2 Å². The van der Waals surface area contributed by atoms with Gasteiger partial charge in [-0.25, -0.2) is 9.79 Å². The summed E-state index contributed by atoms with van der Waals surface area (Å²) in [5, 5.41) is 0. The van der Waals surface area contributed by atoms with E-state index < -0.39 is 5.97 Å². The van der Waals surface area contributed by atoms with Crippen LogP contribution in [0, 0.1) is 0 Å². The number of cyclic esters (lactones) is 1. The van der Waals surface area contributed by atoms with Crippen molar-refractivity contribution in [1.82, 2.24) is 0 Å². The monoisotopic (exact) mass is 351 g/mol. The van der Waals surface area contributed by atoms with Gasteiger partial charge in [0.1, 0.15) is 11.5 Å². The second-order valence-electron chi connectivity index (χ2n) is 5.84. The third kappa shape index (κ3) is 4.30. The molecule has 2 aromatic carbocycles. The number of methoxy groups -OCH3 is 1. The highest BCUT2D eigenvalue weighted by Crippen LogP contribution is 2.22. The quantitative estimate of drug-likeness (QED) is 0.426. The van der Waals surface area contributed by atoms with Gasteiger partial charge in [-0.05, 0) is 54.5 Å². The molecule has 0 N–H and O–H groups in total. The maximum atomic E-state index is 12.1. The van der Waals surface area contributed by atoms with Crippen molar-refractivity contribution in [3.63, 3.8) is 0 Å². The van der Waals surface area contributed by atoms with Crippen molar-refractivity contribution < 1.29 is 19.0 Å². The maximum absolute atomic E-state index is 12.1. The summed E-state index contributed by atoms with van der Waals surface area (Å²) in [6.07, 6.45) is 3.79. The van der Waals surface area contributed by atoms with Gasteiger partial charge in [0.2, 0.25) is 5.90 Å². The van der Waals surface area contributed by atoms with Crippen molar-refractivity contribution in [3.8, 4) is 11.5 Å². The molecule has 0 spiro atoms. The molecule has 0 aromatic heterocycles. The Balaban J connectivity index is 1.76. The topological polar surface area (TPSA) is 57.1 Å². The van der Waals surface area contributed by atoms with Crippen molar-refractivity contribution >= 4 is 17.9 Å². The number of nitrogens with zero attached hydrogens (tertiary/aromatic N) is 1. The van der Waals surface area contributed by atoms with Crippen molar-refractivity contribution in [1.29, 1.82) is 0 Å². The van der Waals surface area contributed by atoms with Gasteiger partial charge in [-0.15, -0.1) is 0 Å². The highest BCUT2D eigenvalue weighted by Gasteiger charge is 2.24. The predicted molar refractivity (Wildman–Crippen MR) is 100 cm³/mol. The van der Waals surface area contributed by atoms with Gasteiger partial charge in [0.05, 0.1) is 13.7 Å². The number of aliphatic imine (C=N–C) groups is 1. The number of unbranched alkanes of at least 4 members (excludes halogenated alkanes) is 1. The van der Waals surface area contributed by atoms with Gasteiger partial charge in [0, 0.05) is 5.56 Å². The average molecular weight is 351 g/mol. The first kappa shape index (κ1) is 17.7. The summed E-state index contributed by atoms with van der Waals surface area (Å²) in [7, 11) is 1.60. The van der Waals surface area contributed by atoms with E-state index in [2.05, 4.69) is 11.9 Å². The van der Waals surface area contributed by atoms with E-state index in [1.165, 1.54) is 0 Å². The second-order valence-corrected chi connectivity index (χ2v) is 5.84. The van der Waals surface area contributed by atoms with Crippen molar-refractivity contribution in [2.75, 3.05) is 13.7 Å². The van der Waals surface area contributed by atoms with Crippen LogP contribution in [-0.2, 0) is 9.53 Å². The van der Waals surface area contributed by atoms with Crippen LogP contribution < -0.4 is 9.47 Å². The standard InChI is InChI=1S/C21H21NO4/c1-3-4-12-25-17-10-8-16(9-11-17)20-22-19(21(23)26-20)14-15-6-5-7-18(13-15)24-2/h5-11,13-14H,3-4,12H2,1-2H3. The second kappa shape index (κ2) is 8.34. The summed E-state index contributed by atoms with van der Waals surface area (Å²) in [5.41, 5.74) is 1.81. The largest absolute Gasteiger partial charge is 0.497 e. The van der Waals surface area contributed by atoms with Crippen molar-refractivity contribution in [2.24, 2.45) is 4.99 Å². The Bertz CT molecular complexity index is 837. The number of hydrogen-bond acceptors (Lipinski definition) is 5. The number of carbonyl (C=O) groups is 1. The molecule has 1 aliphatic rings. The summed E-state index contributed by atoms with van der Waals surface area (Å²) >= 11 is 0. The number of esters is 1. The van der Waals surface area contributed by atoms with E-state index in [4.69, 9.17) is 14.2 Å². The predicted octanol–water partition coefficient (Wildman–Crippen LogP) is 4.22. The van der Waals surface area contributed by atoms with Crippen LogP contribution in [0.25, 0.3) is 6.08 Å². The lowest BCUT2D eigenvalue weighted by atomic mass is 10.2. The summed E-state index contributed by atoms with van der Waals surface area (Å²) in [6, 6.07) is 14.8. The molecular formula is C21H21NO4. The average Bonchev–Trinajstić information content (AvgIpc) is 3.03. The zero-order valence-electron chi connectivity index (χ0n) is 14.9. The summed E-state index contributed by atoms with van der Waals surface area (Å²) in [6.45, 7) is 2.81. The van der Waals surface area contributed by atoms with Crippen LogP contribution in [0.2, 0.25) is 0 Å². The van der Waals surface area contributed by atoms with Crippen molar-refractivity contribution in [2.45, 2.75) is 19.8 Å². The van der Waals surface area contributed by atoms with Crippen LogP contribution in [0.3, 0.4) is 0 Å². The van der Waals surface area contributed by atoms with Gasteiger partial charge in [-0.1, -0.05) is 25.5 Å². The van der Waals surface area contributed by atoms with Gasteiger partial charge in [0.15, 0.2) is 5.70 Å². The molecule has 5 nitrogen and oxygen atoms in total. The number of rotatable bonds is 7. The molecule has 0 amide bonds. The Labute approximate surface area is 152 Å². The minimum Gasteiger partial charge on any atom is -0.497 e. The summed E-state index contributed by atoms with van der Waals surface area (Å²) < 4.78 is 16.1. The molecule has 3 rings (SSSR count). The Morgan fingerprint density at radius 3 is 2.65 bits per heavy atom. The van der Waals surface area contributed by atoms with Gasteiger partial charge in [-0.3, -0.25) is 0 Å². The van der Waals surface area contributed by atoms with E-state index in [0.29, 0.717) is 18.3 Å². The van der Waals surface area contributed by atoms with Crippen LogP contribution in [0.4, 0.5) is 0 Å². The molecule has 0 aliphatic carbocycles. The molecule has 0 atom stereocenters. The Morgan fingerprint density at radius 1 is 1.12 bits per heavy atom. The molecule has 0 radical (unpaired) electrons. The zero-order chi connectivity index (χ0) is 18.4. The molecule has 0 saturated carbocycles. The van der Waals surface area contributed by atoms with Gasteiger partial charge < -0.3 is 14.2 Å². The van der Waals surface area contributed by atoms with E-state index >= 15 is 0 Å². The zero-order valence-corrected chi connectivity index (χ0v) is 14.9. The van der Waals surface area contributed by atoms with E-state index in [0.717, 1.165) is 29.7 Å². The lowest BCUT2D eigenvalue weighted by Crippen LogP contribution is -2.05. The third-order valence-electron chi connectivity index (χ3n) is 3.89. The van der Waals surface area contributed by atoms with Gasteiger partial charge in [0.25, 0.3) is 0 Å². The molecule has 5 heteroatoms. The minimum atomic E-state index is -0.467. The smallest absolute Gasteiger partial charge is 0.363 e. The van der Waals surface area contributed by atoms with Crippen LogP contribution in [0.15, 0.2) is 59.2 Å². The maximum Gasteiger partial charge on any atom is 0.363 e. The van der Waals surface area contributed by atoms with Gasteiger partial charge in [-0.2, -0.15) is 0 Å². The van der Waals surface area contributed by atoms with E-state index in [1.807, 2.05) is 48.5 Å². The molecule has 1 aliphatic heterocycles. The fraction of sp³-hybridized carbons (Fsp3) is 0.238. The van der Waals surface area contributed by atoms with Crippen LogP contribution in [0.5, 0.6) is 11.5 Å². The molecule has 0 saturated heterocycles. The van der Waals surface area contributed by atoms with Crippen LogP contribution >= 0.6 is 0 Å². The molecule has 0 bridgehead atoms. The van der Waals surface area contributed by atoms with Crippen LogP contribution in [-0.4, -0.2) is 25.6 Å². The lowest BCUT2D eigenvalue weighted by molar-refractivity contribution is -0.129. The normalized spacial score (nSPS) is 14.9. The molecule has 134 valence electrons. The molecule has 2 aromatic rings.